The van der Waals surface area contributed by atoms with Gasteiger partial charge in [-0.15, -0.1) is 0 Å². The van der Waals surface area contributed by atoms with Crippen LogP contribution in [0.5, 0.6) is 0 Å². The van der Waals surface area contributed by atoms with Crippen LogP contribution in [0.2, 0.25) is 0 Å². The Hall–Kier alpha value is -2.64. The minimum Gasteiger partial charge on any atom is -0.366 e. The summed E-state index contributed by atoms with van der Waals surface area (Å²) < 4.78 is 29.3. The number of halogens is 2. The van der Waals surface area contributed by atoms with Crippen LogP contribution in [-0.2, 0) is 13.6 Å². The fourth-order valence-electron chi connectivity index (χ4n) is 3.46. The van der Waals surface area contributed by atoms with Gasteiger partial charge in [-0.2, -0.15) is 5.10 Å². The average Bonchev–Trinajstić information content (AvgIpc) is 2.90. The molecule has 0 amide bonds. The van der Waals surface area contributed by atoms with Gasteiger partial charge in [0.25, 0.3) is 0 Å². The molecule has 27 heavy (non-hydrogen) atoms. The molecule has 0 bridgehead atoms. The molecule has 1 aromatic heterocycles. The Morgan fingerprint density at radius 2 is 1.89 bits per heavy atom. The monoisotopic (exact) mass is 376 g/mol. The third kappa shape index (κ3) is 4.04. The maximum Gasteiger partial charge on any atom is 0.194 e. The zero-order valence-electron chi connectivity index (χ0n) is 16.3. The van der Waals surface area contributed by atoms with Crippen molar-refractivity contribution in [2.24, 2.45) is 12.0 Å². The summed E-state index contributed by atoms with van der Waals surface area (Å²) in [6.45, 7) is 7.27. The smallest absolute Gasteiger partial charge is 0.194 e. The number of guanidine groups is 1. The van der Waals surface area contributed by atoms with Crippen LogP contribution < -0.4 is 10.2 Å². The molecule has 1 saturated heterocycles. The van der Waals surface area contributed by atoms with Crippen molar-refractivity contribution in [1.82, 2.24) is 20.0 Å². The molecule has 1 N–H and O–H groups in total. The third-order valence-electron chi connectivity index (χ3n) is 5.12. The molecule has 0 aliphatic carbocycles. The first-order chi connectivity index (χ1) is 12.9. The Balaban J connectivity index is 1.61. The van der Waals surface area contributed by atoms with Crippen LogP contribution in [0.3, 0.4) is 0 Å². The van der Waals surface area contributed by atoms with Crippen molar-refractivity contribution in [1.29, 1.82) is 0 Å². The van der Waals surface area contributed by atoms with E-state index in [0.29, 0.717) is 38.4 Å². The predicted molar refractivity (Wildman–Crippen MR) is 103 cm³/mol. The summed E-state index contributed by atoms with van der Waals surface area (Å²) >= 11 is 0. The van der Waals surface area contributed by atoms with Gasteiger partial charge >= 0.3 is 0 Å². The van der Waals surface area contributed by atoms with Gasteiger partial charge in [-0.05, 0) is 26.0 Å². The van der Waals surface area contributed by atoms with Gasteiger partial charge in [0, 0.05) is 64.1 Å². The Morgan fingerprint density at radius 3 is 2.48 bits per heavy atom. The number of rotatable bonds is 3. The summed E-state index contributed by atoms with van der Waals surface area (Å²) in [4.78, 5) is 8.38. The fraction of sp³-hybridized carbons (Fsp3) is 0.474. The van der Waals surface area contributed by atoms with Crippen molar-refractivity contribution in [3.8, 4) is 0 Å². The topological polar surface area (TPSA) is 48.7 Å². The lowest BCUT2D eigenvalue weighted by molar-refractivity contribution is 0.370. The van der Waals surface area contributed by atoms with Crippen molar-refractivity contribution in [3.63, 3.8) is 0 Å². The normalized spacial score (nSPS) is 15.4. The van der Waals surface area contributed by atoms with Crippen molar-refractivity contribution >= 4 is 11.6 Å². The minimum absolute atomic E-state index is 0.319. The van der Waals surface area contributed by atoms with E-state index in [0.717, 1.165) is 23.4 Å². The Bertz CT molecular complexity index is 837. The Kier molecular flexibility index (Phi) is 5.62. The van der Waals surface area contributed by atoms with E-state index >= 15 is 0 Å². The van der Waals surface area contributed by atoms with Crippen molar-refractivity contribution in [2.75, 3.05) is 38.1 Å². The van der Waals surface area contributed by atoms with Gasteiger partial charge in [0.1, 0.15) is 11.6 Å². The largest absolute Gasteiger partial charge is 0.366 e. The number of hydrogen-bond acceptors (Lipinski definition) is 3. The molecule has 1 fully saturated rings. The first kappa shape index (κ1) is 19.1. The van der Waals surface area contributed by atoms with E-state index in [2.05, 4.69) is 20.3 Å². The molecule has 3 rings (SSSR count). The maximum atomic E-state index is 14.0. The summed E-state index contributed by atoms with van der Waals surface area (Å²) in [5, 5.41) is 7.83. The van der Waals surface area contributed by atoms with E-state index in [4.69, 9.17) is 0 Å². The molecule has 0 saturated carbocycles. The Labute approximate surface area is 158 Å². The molecule has 0 radical (unpaired) electrons. The van der Waals surface area contributed by atoms with E-state index in [-0.39, 0.29) is 0 Å². The van der Waals surface area contributed by atoms with E-state index in [9.17, 15) is 8.78 Å². The lowest BCUT2D eigenvalue weighted by Gasteiger charge is -2.37. The van der Waals surface area contributed by atoms with Gasteiger partial charge in [-0.3, -0.25) is 9.67 Å². The van der Waals surface area contributed by atoms with Gasteiger partial charge in [-0.1, -0.05) is 0 Å². The lowest BCUT2D eigenvalue weighted by atomic mass is 10.2. The highest BCUT2D eigenvalue weighted by atomic mass is 19.1. The number of hydrogen-bond donors (Lipinski definition) is 1. The maximum absolute atomic E-state index is 14.0. The number of aromatic nitrogens is 2. The second-order valence-electron chi connectivity index (χ2n) is 6.74. The highest BCUT2D eigenvalue weighted by molar-refractivity contribution is 5.80. The number of aliphatic imine (C=N–C) groups is 1. The molecule has 0 spiro atoms. The zero-order chi connectivity index (χ0) is 19.6. The molecule has 8 heteroatoms. The van der Waals surface area contributed by atoms with Crippen LogP contribution in [0.15, 0.2) is 23.2 Å². The highest BCUT2D eigenvalue weighted by Gasteiger charge is 2.22. The van der Waals surface area contributed by atoms with E-state index in [1.807, 2.05) is 30.5 Å². The zero-order valence-corrected chi connectivity index (χ0v) is 16.3. The second-order valence-corrected chi connectivity index (χ2v) is 6.74. The second kappa shape index (κ2) is 7.94. The summed E-state index contributed by atoms with van der Waals surface area (Å²) in [6.07, 6.45) is 0. The summed E-state index contributed by atoms with van der Waals surface area (Å²) in [5.41, 5.74) is 3.62. The summed E-state index contributed by atoms with van der Waals surface area (Å²) in [6, 6.07) is 3.57. The van der Waals surface area contributed by atoms with Crippen LogP contribution in [0.1, 0.15) is 17.0 Å². The number of aryl methyl sites for hydroxylation is 2. The highest BCUT2D eigenvalue weighted by Crippen LogP contribution is 2.22. The van der Waals surface area contributed by atoms with Crippen molar-refractivity contribution in [3.05, 3.63) is 46.8 Å². The van der Waals surface area contributed by atoms with E-state index < -0.39 is 11.6 Å². The summed E-state index contributed by atoms with van der Waals surface area (Å²) in [7, 11) is 3.69. The predicted octanol–water partition coefficient (Wildman–Crippen LogP) is 2.21. The van der Waals surface area contributed by atoms with E-state index in [1.54, 1.807) is 7.05 Å². The van der Waals surface area contributed by atoms with E-state index in [1.165, 1.54) is 17.7 Å². The summed E-state index contributed by atoms with van der Waals surface area (Å²) in [5.74, 6) is -0.0135. The van der Waals surface area contributed by atoms with Gasteiger partial charge < -0.3 is 15.1 Å². The Morgan fingerprint density at radius 1 is 1.19 bits per heavy atom. The lowest BCUT2D eigenvalue weighted by Crippen LogP contribution is -2.52. The molecule has 0 atom stereocenters. The first-order valence-corrected chi connectivity index (χ1v) is 9.05. The third-order valence-corrected chi connectivity index (χ3v) is 5.12. The average molecular weight is 376 g/mol. The van der Waals surface area contributed by atoms with Gasteiger partial charge in [0.2, 0.25) is 0 Å². The standard InChI is InChI=1S/C19H26F2N6/c1-13-16(14(2)25(4)24-13)12-23-19(22-3)27-9-7-26(8-10-27)18-11-15(20)5-6-17(18)21/h5-6,11H,7-10,12H2,1-4H3,(H,22,23). The molecule has 146 valence electrons. The van der Waals surface area contributed by atoms with Gasteiger partial charge in [-0.25, -0.2) is 8.78 Å². The van der Waals surface area contributed by atoms with Crippen LogP contribution in [0.25, 0.3) is 0 Å². The molecule has 1 aromatic carbocycles. The first-order valence-electron chi connectivity index (χ1n) is 9.05. The van der Waals surface area contributed by atoms with Crippen molar-refractivity contribution < 1.29 is 8.78 Å². The number of piperazine rings is 1. The molecule has 1 aliphatic heterocycles. The molecule has 2 aromatic rings. The van der Waals surface area contributed by atoms with Gasteiger partial charge in [0.05, 0.1) is 11.4 Å². The molecular formula is C19H26F2N6. The number of benzene rings is 1. The van der Waals surface area contributed by atoms with Crippen LogP contribution in [0, 0.1) is 25.5 Å². The van der Waals surface area contributed by atoms with Gasteiger partial charge in [0.15, 0.2) is 5.96 Å². The number of nitrogens with one attached hydrogen (secondary N) is 1. The fourth-order valence-corrected chi connectivity index (χ4v) is 3.46. The molecule has 0 unspecified atom stereocenters. The van der Waals surface area contributed by atoms with Crippen LogP contribution >= 0.6 is 0 Å². The molecule has 2 heterocycles. The number of nitrogens with zero attached hydrogens (tertiary/aromatic N) is 5. The van der Waals surface area contributed by atoms with Crippen molar-refractivity contribution in [2.45, 2.75) is 20.4 Å². The number of anilines is 1. The SMILES string of the molecule is CN=C(NCc1c(C)nn(C)c1C)N1CCN(c2cc(F)ccc2F)CC1. The van der Waals surface area contributed by atoms with Crippen LogP contribution in [-0.4, -0.2) is 53.9 Å². The minimum atomic E-state index is -0.423. The molecule has 1 aliphatic rings. The molecular weight excluding hydrogens is 350 g/mol. The van der Waals surface area contributed by atoms with Crippen LogP contribution in [0.4, 0.5) is 14.5 Å². The quantitative estimate of drug-likeness (QED) is 0.659. The molecule has 6 nitrogen and oxygen atoms in total.